The lowest BCUT2D eigenvalue weighted by atomic mass is 10.2. The molecule has 2 rings (SSSR count). The van der Waals surface area contributed by atoms with Gasteiger partial charge in [-0.25, -0.2) is 4.79 Å². The van der Waals surface area contributed by atoms with Gasteiger partial charge < -0.3 is 10.1 Å². The molecule has 0 unspecified atom stereocenters. The van der Waals surface area contributed by atoms with Crippen LogP contribution in [0.4, 0.5) is 14.5 Å². The van der Waals surface area contributed by atoms with Crippen LogP contribution in [0.25, 0.3) is 0 Å². The minimum Gasteiger partial charge on any atom is -0.423 e. The molecule has 0 saturated carbocycles. The van der Waals surface area contributed by atoms with E-state index in [1.54, 1.807) is 24.3 Å². The number of nitrogens with one attached hydrogen (secondary N) is 1. The fourth-order valence-electron chi connectivity index (χ4n) is 1.75. The average molecular weight is 337 g/mol. The highest BCUT2D eigenvalue weighted by atomic mass is 32.2. The molecule has 0 saturated heterocycles. The van der Waals surface area contributed by atoms with Crippen LogP contribution in [0.5, 0.6) is 5.75 Å². The van der Waals surface area contributed by atoms with Gasteiger partial charge in [0.05, 0.1) is 5.56 Å². The van der Waals surface area contributed by atoms with Crippen LogP contribution in [-0.2, 0) is 4.79 Å². The molecule has 7 heteroatoms. The SMILES string of the molecule is CC(=O)Nc1ccc(OC(=O)c2ccc(SC(F)F)cc2)cc1. The molecule has 23 heavy (non-hydrogen) atoms. The van der Waals surface area contributed by atoms with Crippen LogP contribution in [0.1, 0.15) is 17.3 Å². The minimum atomic E-state index is -2.50. The third kappa shape index (κ3) is 5.37. The number of rotatable bonds is 5. The lowest BCUT2D eigenvalue weighted by Gasteiger charge is -2.07. The van der Waals surface area contributed by atoms with Crippen molar-refractivity contribution >= 4 is 29.3 Å². The Hall–Kier alpha value is -2.41. The number of thioether (sulfide) groups is 1. The smallest absolute Gasteiger partial charge is 0.343 e. The summed E-state index contributed by atoms with van der Waals surface area (Å²) in [5.41, 5.74) is 0.847. The largest absolute Gasteiger partial charge is 0.423 e. The van der Waals surface area contributed by atoms with E-state index < -0.39 is 11.7 Å². The normalized spacial score (nSPS) is 10.4. The number of hydrogen-bond donors (Lipinski definition) is 1. The third-order valence-corrected chi connectivity index (χ3v) is 3.42. The van der Waals surface area contributed by atoms with E-state index in [1.807, 2.05) is 0 Å². The molecule has 0 bridgehead atoms. The van der Waals surface area contributed by atoms with Gasteiger partial charge in [0, 0.05) is 17.5 Å². The lowest BCUT2D eigenvalue weighted by molar-refractivity contribution is -0.114. The Labute approximate surface area is 135 Å². The van der Waals surface area contributed by atoms with Crippen LogP contribution in [0.3, 0.4) is 0 Å². The molecule has 4 nitrogen and oxygen atoms in total. The number of esters is 1. The van der Waals surface area contributed by atoms with Crippen molar-refractivity contribution in [3.05, 3.63) is 54.1 Å². The fourth-order valence-corrected chi connectivity index (χ4v) is 2.25. The monoisotopic (exact) mass is 337 g/mol. The van der Waals surface area contributed by atoms with E-state index in [2.05, 4.69) is 5.32 Å². The summed E-state index contributed by atoms with van der Waals surface area (Å²) < 4.78 is 29.6. The van der Waals surface area contributed by atoms with Gasteiger partial charge in [0.2, 0.25) is 5.91 Å². The summed E-state index contributed by atoms with van der Waals surface area (Å²) in [4.78, 5) is 23.2. The molecular formula is C16H13F2NO3S. The zero-order valence-electron chi connectivity index (χ0n) is 12.1. The van der Waals surface area contributed by atoms with Gasteiger partial charge in [-0.05, 0) is 48.5 Å². The van der Waals surface area contributed by atoms with Gasteiger partial charge in [-0.2, -0.15) is 8.78 Å². The predicted molar refractivity (Wildman–Crippen MR) is 84.0 cm³/mol. The number of carbonyl (C=O) groups excluding carboxylic acids is 2. The van der Waals surface area contributed by atoms with Crippen LogP contribution in [0.2, 0.25) is 0 Å². The van der Waals surface area contributed by atoms with Crippen molar-refractivity contribution in [2.75, 3.05) is 5.32 Å². The summed E-state index contributed by atoms with van der Waals surface area (Å²) in [5.74, 6) is -2.98. The summed E-state index contributed by atoms with van der Waals surface area (Å²) in [6, 6.07) is 12.0. The second-order valence-corrected chi connectivity index (χ2v) is 5.56. The number of amides is 1. The number of halogens is 2. The molecule has 0 aromatic heterocycles. The highest BCUT2D eigenvalue weighted by Crippen LogP contribution is 2.25. The van der Waals surface area contributed by atoms with Crippen LogP contribution in [0.15, 0.2) is 53.4 Å². The molecule has 1 amide bonds. The Kier molecular flexibility index (Phi) is 5.70. The van der Waals surface area contributed by atoms with Crippen molar-refractivity contribution in [2.24, 2.45) is 0 Å². The van der Waals surface area contributed by atoms with Gasteiger partial charge in [-0.1, -0.05) is 11.8 Å². The summed E-state index contributed by atoms with van der Waals surface area (Å²) in [6.07, 6.45) is 0. The Morgan fingerprint density at radius 3 is 2.17 bits per heavy atom. The van der Waals surface area contributed by atoms with Gasteiger partial charge >= 0.3 is 5.97 Å². The molecule has 0 fully saturated rings. The molecule has 2 aromatic rings. The number of anilines is 1. The van der Waals surface area contributed by atoms with Gasteiger partial charge in [-0.3, -0.25) is 4.79 Å². The minimum absolute atomic E-state index is 0.198. The summed E-state index contributed by atoms with van der Waals surface area (Å²) in [7, 11) is 0. The molecule has 0 radical (unpaired) electrons. The average Bonchev–Trinajstić information content (AvgIpc) is 2.49. The molecule has 0 spiro atoms. The van der Waals surface area contributed by atoms with E-state index >= 15 is 0 Å². The molecule has 0 aliphatic rings. The van der Waals surface area contributed by atoms with Crippen molar-refractivity contribution in [1.29, 1.82) is 0 Å². The number of alkyl halides is 2. The molecule has 120 valence electrons. The Morgan fingerprint density at radius 2 is 1.65 bits per heavy atom. The zero-order valence-corrected chi connectivity index (χ0v) is 12.9. The standard InChI is InChI=1S/C16H13F2NO3S/c1-10(20)19-12-4-6-13(7-5-12)22-15(21)11-2-8-14(9-3-11)23-16(17)18/h2-9,16H,1H3,(H,19,20). The molecule has 2 aromatic carbocycles. The van der Waals surface area contributed by atoms with Gasteiger partial charge in [0.15, 0.2) is 0 Å². The quantitative estimate of drug-likeness (QED) is 0.505. The number of hydrogen-bond acceptors (Lipinski definition) is 4. The van der Waals surface area contributed by atoms with E-state index in [0.29, 0.717) is 28.1 Å². The van der Waals surface area contributed by atoms with Crippen LogP contribution >= 0.6 is 11.8 Å². The Balaban J connectivity index is 1.99. The maximum absolute atomic E-state index is 12.2. The first-order valence-electron chi connectivity index (χ1n) is 6.59. The predicted octanol–water partition coefficient (Wildman–Crippen LogP) is 4.18. The second kappa shape index (κ2) is 7.73. The maximum atomic E-state index is 12.2. The topological polar surface area (TPSA) is 55.4 Å². The van der Waals surface area contributed by atoms with E-state index in [1.165, 1.54) is 31.2 Å². The van der Waals surface area contributed by atoms with Gasteiger partial charge in [0.1, 0.15) is 5.75 Å². The van der Waals surface area contributed by atoms with Crippen molar-refractivity contribution in [3.8, 4) is 5.75 Å². The highest BCUT2D eigenvalue weighted by molar-refractivity contribution is 7.99. The molecular weight excluding hydrogens is 324 g/mol. The van der Waals surface area contributed by atoms with Crippen LogP contribution in [0, 0.1) is 0 Å². The lowest BCUT2D eigenvalue weighted by Crippen LogP contribution is -2.09. The maximum Gasteiger partial charge on any atom is 0.343 e. The highest BCUT2D eigenvalue weighted by Gasteiger charge is 2.10. The summed E-state index contributed by atoms with van der Waals surface area (Å²) in [5, 5.41) is 2.60. The molecule has 1 N–H and O–H groups in total. The molecule has 0 heterocycles. The van der Waals surface area contributed by atoms with E-state index in [4.69, 9.17) is 4.74 Å². The number of benzene rings is 2. The first-order chi connectivity index (χ1) is 10.9. The Bertz CT molecular complexity index is 687. The summed E-state index contributed by atoms with van der Waals surface area (Å²) in [6.45, 7) is 1.39. The van der Waals surface area contributed by atoms with E-state index in [9.17, 15) is 18.4 Å². The van der Waals surface area contributed by atoms with Crippen LogP contribution < -0.4 is 10.1 Å². The van der Waals surface area contributed by atoms with Gasteiger partial charge in [-0.15, -0.1) is 0 Å². The number of carbonyl (C=O) groups is 2. The van der Waals surface area contributed by atoms with Crippen molar-refractivity contribution in [2.45, 2.75) is 17.6 Å². The first-order valence-corrected chi connectivity index (χ1v) is 7.47. The van der Waals surface area contributed by atoms with Crippen LogP contribution in [-0.4, -0.2) is 17.6 Å². The van der Waals surface area contributed by atoms with E-state index in [0.717, 1.165) is 0 Å². The van der Waals surface area contributed by atoms with Crippen molar-refractivity contribution in [1.82, 2.24) is 0 Å². The van der Waals surface area contributed by atoms with Gasteiger partial charge in [0.25, 0.3) is 5.76 Å². The first kappa shape index (κ1) is 17.0. The fraction of sp³-hybridized carbons (Fsp3) is 0.125. The van der Waals surface area contributed by atoms with Crippen molar-refractivity contribution < 1.29 is 23.1 Å². The Morgan fingerprint density at radius 1 is 1.04 bits per heavy atom. The molecule has 0 atom stereocenters. The van der Waals surface area contributed by atoms with E-state index in [-0.39, 0.29) is 11.5 Å². The number of ether oxygens (including phenoxy) is 1. The second-order valence-electron chi connectivity index (χ2n) is 4.50. The molecule has 0 aliphatic heterocycles. The summed E-state index contributed by atoms with van der Waals surface area (Å²) >= 11 is 0.409. The third-order valence-electron chi connectivity index (χ3n) is 2.70. The zero-order chi connectivity index (χ0) is 16.8. The van der Waals surface area contributed by atoms with Crippen molar-refractivity contribution in [3.63, 3.8) is 0 Å². The molecule has 0 aliphatic carbocycles.